The summed E-state index contributed by atoms with van der Waals surface area (Å²) in [4.78, 5) is 14.9. The van der Waals surface area contributed by atoms with Gasteiger partial charge in [0.25, 0.3) is 0 Å². The SMILES string of the molecule is CCS(=O)(=O)N1CCC[C@@H](C(=O)Nc2ccc(OC3CCN(C)CC3)cc2)C1. The van der Waals surface area contributed by atoms with Gasteiger partial charge in [0.1, 0.15) is 11.9 Å². The minimum Gasteiger partial charge on any atom is -0.490 e. The van der Waals surface area contributed by atoms with Crippen molar-refractivity contribution in [2.75, 3.05) is 44.3 Å². The zero-order valence-corrected chi connectivity index (χ0v) is 17.6. The highest BCUT2D eigenvalue weighted by Gasteiger charge is 2.31. The molecule has 1 N–H and O–H groups in total. The summed E-state index contributed by atoms with van der Waals surface area (Å²) in [6.07, 6.45) is 3.70. The number of sulfonamides is 1. The van der Waals surface area contributed by atoms with Gasteiger partial charge in [-0.15, -0.1) is 0 Å². The van der Waals surface area contributed by atoms with Crippen molar-refractivity contribution in [2.24, 2.45) is 5.92 Å². The van der Waals surface area contributed by atoms with E-state index >= 15 is 0 Å². The van der Waals surface area contributed by atoms with Crippen LogP contribution in [0.3, 0.4) is 0 Å². The topological polar surface area (TPSA) is 79.0 Å². The largest absolute Gasteiger partial charge is 0.490 e. The summed E-state index contributed by atoms with van der Waals surface area (Å²) in [6.45, 7) is 4.49. The maximum Gasteiger partial charge on any atom is 0.228 e. The molecule has 0 radical (unpaired) electrons. The zero-order valence-electron chi connectivity index (χ0n) is 16.8. The third-order valence-corrected chi connectivity index (χ3v) is 7.45. The van der Waals surface area contributed by atoms with Gasteiger partial charge < -0.3 is 15.0 Å². The first-order chi connectivity index (χ1) is 13.4. The van der Waals surface area contributed by atoms with Gasteiger partial charge in [-0.05, 0) is 63.9 Å². The van der Waals surface area contributed by atoms with Gasteiger partial charge in [0.2, 0.25) is 15.9 Å². The second-order valence-corrected chi connectivity index (χ2v) is 9.99. The van der Waals surface area contributed by atoms with Crippen molar-refractivity contribution in [3.8, 4) is 5.75 Å². The fourth-order valence-electron chi connectivity index (χ4n) is 3.75. The normalized spacial score (nSPS) is 22.7. The van der Waals surface area contributed by atoms with Crippen LogP contribution in [0.1, 0.15) is 32.6 Å². The Morgan fingerprint density at radius 1 is 1.14 bits per heavy atom. The minimum atomic E-state index is -3.25. The molecular weight excluding hydrogens is 378 g/mol. The molecule has 156 valence electrons. The Hall–Kier alpha value is -1.64. The number of likely N-dealkylation sites (tertiary alicyclic amines) is 1. The first kappa shape index (κ1) is 21.1. The van der Waals surface area contributed by atoms with E-state index in [9.17, 15) is 13.2 Å². The highest BCUT2D eigenvalue weighted by atomic mass is 32.2. The number of nitrogens with one attached hydrogen (secondary N) is 1. The van der Waals surface area contributed by atoms with Crippen molar-refractivity contribution >= 4 is 21.6 Å². The molecule has 0 bridgehead atoms. The van der Waals surface area contributed by atoms with E-state index in [1.165, 1.54) is 4.31 Å². The van der Waals surface area contributed by atoms with Gasteiger partial charge in [-0.3, -0.25) is 4.79 Å². The third kappa shape index (κ3) is 5.46. The van der Waals surface area contributed by atoms with E-state index in [4.69, 9.17) is 4.74 Å². The maximum absolute atomic E-state index is 12.6. The lowest BCUT2D eigenvalue weighted by Gasteiger charge is -2.31. The Morgan fingerprint density at radius 2 is 1.82 bits per heavy atom. The number of hydrogen-bond donors (Lipinski definition) is 1. The number of benzene rings is 1. The Morgan fingerprint density at radius 3 is 2.46 bits per heavy atom. The monoisotopic (exact) mass is 409 g/mol. The molecule has 3 rings (SSSR count). The summed E-state index contributed by atoms with van der Waals surface area (Å²) in [5.41, 5.74) is 0.705. The van der Waals surface area contributed by atoms with Crippen molar-refractivity contribution in [3.63, 3.8) is 0 Å². The molecule has 0 aromatic heterocycles. The minimum absolute atomic E-state index is 0.0695. The van der Waals surface area contributed by atoms with E-state index in [1.54, 1.807) is 6.92 Å². The van der Waals surface area contributed by atoms with Crippen LogP contribution in [0.2, 0.25) is 0 Å². The van der Waals surface area contributed by atoms with Crippen LogP contribution in [0.4, 0.5) is 5.69 Å². The molecule has 2 fully saturated rings. The summed E-state index contributed by atoms with van der Waals surface area (Å²) in [5.74, 6) is 0.441. The summed E-state index contributed by atoms with van der Waals surface area (Å²) >= 11 is 0. The first-order valence-corrected chi connectivity index (χ1v) is 11.7. The molecule has 2 aliphatic rings. The van der Waals surface area contributed by atoms with E-state index in [-0.39, 0.29) is 30.2 Å². The molecule has 0 spiro atoms. The van der Waals surface area contributed by atoms with Crippen LogP contribution < -0.4 is 10.1 Å². The summed E-state index contributed by atoms with van der Waals surface area (Å²) in [5, 5.41) is 2.92. The first-order valence-electron chi connectivity index (χ1n) is 10.1. The zero-order chi connectivity index (χ0) is 20.1. The summed E-state index contributed by atoms with van der Waals surface area (Å²) in [7, 11) is -1.13. The molecular formula is C20H31N3O4S. The van der Waals surface area contributed by atoms with Crippen LogP contribution in [0.25, 0.3) is 0 Å². The highest BCUT2D eigenvalue weighted by Crippen LogP contribution is 2.23. The standard InChI is InChI=1S/C20H31N3O4S/c1-3-28(25,26)23-12-4-5-16(15-23)20(24)21-17-6-8-18(9-7-17)27-19-10-13-22(2)14-11-19/h6-9,16,19H,3-5,10-15H2,1-2H3,(H,21,24)/t16-/m1/s1. The van der Waals surface area contributed by atoms with Gasteiger partial charge in [0.15, 0.2) is 0 Å². The molecule has 1 atom stereocenters. The third-order valence-electron chi connectivity index (χ3n) is 5.60. The van der Waals surface area contributed by atoms with Crippen LogP contribution >= 0.6 is 0 Å². The van der Waals surface area contributed by atoms with Gasteiger partial charge >= 0.3 is 0 Å². The number of rotatable bonds is 6. The Balaban J connectivity index is 1.52. The molecule has 7 nitrogen and oxygen atoms in total. The summed E-state index contributed by atoms with van der Waals surface area (Å²) in [6, 6.07) is 7.43. The van der Waals surface area contributed by atoms with Crippen molar-refractivity contribution in [3.05, 3.63) is 24.3 Å². The number of nitrogens with zero attached hydrogens (tertiary/aromatic N) is 2. The number of amides is 1. The number of carbonyl (C=O) groups is 1. The lowest BCUT2D eigenvalue weighted by Crippen LogP contribution is -2.44. The molecule has 28 heavy (non-hydrogen) atoms. The second kappa shape index (κ2) is 9.24. The predicted molar refractivity (Wildman–Crippen MR) is 110 cm³/mol. The quantitative estimate of drug-likeness (QED) is 0.779. The van der Waals surface area contributed by atoms with E-state index in [0.29, 0.717) is 25.1 Å². The van der Waals surface area contributed by atoms with Crippen molar-refractivity contribution in [1.82, 2.24) is 9.21 Å². The number of piperidine rings is 2. The Bertz CT molecular complexity index is 758. The van der Waals surface area contributed by atoms with Crippen LogP contribution in [0, 0.1) is 5.92 Å². The number of ether oxygens (including phenoxy) is 1. The second-order valence-electron chi connectivity index (χ2n) is 7.73. The van der Waals surface area contributed by atoms with Gasteiger partial charge in [-0.2, -0.15) is 0 Å². The van der Waals surface area contributed by atoms with Gasteiger partial charge in [0.05, 0.1) is 11.7 Å². The number of anilines is 1. The van der Waals surface area contributed by atoms with Crippen molar-refractivity contribution < 1.29 is 17.9 Å². The molecule has 1 aromatic rings. The molecule has 0 aliphatic carbocycles. The smallest absolute Gasteiger partial charge is 0.228 e. The van der Waals surface area contributed by atoms with Gasteiger partial charge in [-0.25, -0.2) is 12.7 Å². The molecule has 0 saturated carbocycles. The molecule has 1 amide bonds. The Labute approximate surface area is 168 Å². The van der Waals surface area contributed by atoms with E-state index < -0.39 is 10.0 Å². The molecule has 2 saturated heterocycles. The fraction of sp³-hybridized carbons (Fsp3) is 0.650. The molecule has 2 aliphatic heterocycles. The lowest BCUT2D eigenvalue weighted by molar-refractivity contribution is -0.120. The van der Waals surface area contributed by atoms with E-state index in [0.717, 1.165) is 31.7 Å². The lowest BCUT2D eigenvalue weighted by atomic mass is 9.98. The molecule has 0 unspecified atom stereocenters. The molecule has 2 heterocycles. The predicted octanol–water partition coefficient (Wildman–Crippen LogP) is 2.16. The fourth-order valence-corrected chi connectivity index (χ4v) is 4.93. The van der Waals surface area contributed by atoms with Crippen LogP contribution in [-0.4, -0.2) is 68.6 Å². The average Bonchev–Trinajstić information content (AvgIpc) is 2.71. The Kier molecular flexibility index (Phi) is 6.95. The molecule has 1 aromatic carbocycles. The number of hydrogen-bond acceptors (Lipinski definition) is 5. The van der Waals surface area contributed by atoms with Crippen LogP contribution in [-0.2, 0) is 14.8 Å². The van der Waals surface area contributed by atoms with Crippen molar-refractivity contribution in [2.45, 2.75) is 38.7 Å². The average molecular weight is 410 g/mol. The van der Waals surface area contributed by atoms with Gasteiger partial charge in [-0.1, -0.05) is 0 Å². The summed E-state index contributed by atoms with van der Waals surface area (Å²) < 4.78 is 31.6. The molecule has 8 heteroatoms. The van der Waals surface area contributed by atoms with E-state index in [2.05, 4.69) is 17.3 Å². The van der Waals surface area contributed by atoms with Gasteiger partial charge in [0, 0.05) is 31.9 Å². The van der Waals surface area contributed by atoms with E-state index in [1.807, 2.05) is 24.3 Å². The number of carbonyl (C=O) groups excluding carboxylic acids is 1. The van der Waals surface area contributed by atoms with Crippen LogP contribution in [0.15, 0.2) is 24.3 Å². The van der Waals surface area contributed by atoms with Crippen LogP contribution in [0.5, 0.6) is 5.75 Å². The van der Waals surface area contributed by atoms with Crippen molar-refractivity contribution in [1.29, 1.82) is 0 Å². The highest BCUT2D eigenvalue weighted by molar-refractivity contribution is 7.89. The maximum atomic E-state index is 12.6.